The summed E-state index contributed by atoms with van der Waals surface area (Å²) in [5, 5.41) is 11.4. The molecular weight excluding hydrogens is 266 g/mol. The van der Waals surface area contributed by atoms with Crippen LogP contribution in [0.15, 0.2) is 36.7 Å². The number of fused-ring (bicyclic) bond motifs is 1. The standard InChI is InChI=1S/C15H15N5O/c1-19-13(4-6-16-19)11-5-7-20-12(8-11)9-14(18-20)17-15(21)10-2-3-10/h4-10H,2-3H2,1H3,(H,17,18,21). The monoisotopic (exact) mass is 281 g/mol. The van der Waals surface area contributed by atoms with Crippen LogP contribution in [-0.4, -0.2) is 25.3 Å². The van der Waals surface area contributed by atoms with Crippen molar-refractivity contribution < 1.29 is 4.79 Å². The first-order valence-corrected chi connectivity index (χ1v) is 6.99. The average Bonchev–Trinajstić information content (AvgIpc) is 3.12. The van der Waals surface area contributed by atoms with Crippen molar-refractivity contribution in [1.82, 2.24) is 19.4 Å². The number of carbonyl (C=O) groups is 1. The van der Waals surface area contributed by atoms with Crippen LogP contribution >= 0.6 is 0 Å². The molecular formula is C15H15N5O. The molecule has 1 N–H and O–H groups in total. The Balaban J connectivity index is 1.68. The van der Waals surface area contributed by atoms with Crippen molar-refractivity contribution in [3.05, 3.63) is 36.7 Å². The predicted octanol–water partition coefficient (Wildman–Crippen LogP) is 2.08. The lowest BCUT2D eigenvalue weighted by molar-refractivity contribution is -0.117. The number of pyridine rings is 1. The van der Waals surface area contributed by atoms with Gasteiger partial charge in [0.15, 0.2) is 5.82 Å². The van der Waals surface area contributed by atoms with Crippen LogP contribution in [0.4, 0.5) is 5.82 Å². The molecule has 3 heterocycles. The Labute approximate surface area is 121 Å². The molecule has 0 unspecified atom stereocenters. The van der Waals surface area contributed by atoms with Crippen LogP contribution in [0.3, 0.4) is 0 Å². The van der Waals surface area contributed by atoms with Gasteiger partial charge in [0.25, 0.3) is 0 Å². The normalized spacial score (nSPS) is 14.5. The molecule has 6 heteroatoms. The molecule has 4 rings (SSSR count). The molecule has 0 radical (unpaired) electrons. The van der Waals surface area contributed by atoms with Crippen LogP contribution in [0.25, 0.3) is 16.8 Å². The minimum Gasteiger partial charge on any atom is -0.309 e. The summed E-state index contributed by atoms with van der Waals surface area (Å²) in [4.78, 5) is 11.8. The van der Waals surface area contributed by atoms with Gasteiger partial charge in [0.1, 0.15) is 0 Å². The number of rotatable bonds is 3. The van der Waals surface area contributed by atoms with Gasteiger partial charge in [-0.25, -0.2) is 4.52 Å². The van der Waals surface area contributed by atoms with Gasteiger partial charge in [-0.15, -0.1) is 0 Å². The van der Waals surface area contributed by atoms with Gasteiger partial charge in [0.05, 0.1) is 11.2 Å². The van der Waals surface area contributed by atoms with E-state index in [0.29, 0.717) is 5.82 Å². The van der Waals surface area contributed by atoms with E-state index in [0.717, 1.165) is 29.6 Å². The first kappa shape index (κ1) is 12.1. The minimum atomic E-state index is 0.0743. The van der Waals surface area contributed by atoms with Crippen molar-refractivity contribution in [2.24, 2.45) is 13.0 Å². The third kappa shape index (κ3) is 2.18. The zero-order valence-corrected chi connectivity index (χ0v) is 11.7. The summed E-state index contributed by atoms with van der Waals surface area (Å²) >= 11 is 0. The molecule has 1 amide bonds. The number of nitrogens with one attached hydrogen (secondary N) is 1. The second kappa shape index (κ2) is 4.44. The van der Waals surface area contributed by atoms with Gasteiger partial charge in [-0.1, -0.05) is 0 Å². The molecule has 0 aliphatic heterocycles. The molecule has 1 saturated carbocycles. The smallest absolute Gasteiger partial charge is 0.228 e. The first-order valence-electron chi connectivity index (χ1n) is 6.99. The number of carbonyl (C=O) groups excluding carboxylic acids is 1. The average molecular weight is 281 g/mol. The minimum absolute atomic E-state index is 0.0743. The lowest BCUT2D eigenvalue weighted by atomic mass is 10.2. The quantitative estimate of drug-likeness (QED) is 0.799. The Hall–Kier alpha value is -2.63. The molecule has 1 aliphatic carbocycles. The zero-order chi connectivity index (χ0) is 14.4. The molecule has 0 spiro atoms. The van der Waals surface area contributed by atoms with Crippen molar-refractivity contribution in [3.63, 3.8) is 0 Å². The summed E-state index contributed by atoms with van der Waals surface area (Å²) in [7, 11) is 1.91. The van der Waals surface area contributed by atoms with E-state index < -0.39 is 0 Å². The number of hydrogen-bond donors (Lipinski definition) is 1. The fraction of sp³-hybridized carbons (Fsp3) is 0.267. The lowest BCUT2D eigenvalue weighted by Gasteiger charge is -2.02. The maximum absolute atomic E-state index is 11.8. The molecule has 0 bridgehead atoms. The Morgan fingerprint density at radius 3 is 2.90 bits per heavy atom. The summed E-state index contributed by atoms with van der Waals surface area (Å²) in [6.07, 6.45) is 5.65. The van der Waals surface area contributed by atoms with Crippen LogP contribution in [0.2, 0.25) is 0 Å². The number of aryl methyl sites for hydroxylation is 1. The number of hydrogen-bond acceptors (Lipinski definition) is 3. The van der Waals surface area contributed by atoms with E-state index in [4.69, 9.17) is 0 Å². The van der Waals surface area contributed by atoms with Crippen molar-refractivity contribution in [2.45, 2.75) is 12.8 Å². The third-order valence-corrected chi connectivity index (χ3v) is 3.78. The van der Waals surface area contributed by atoms with E-state index in [1.807, 2.05) is 42.2 Å². The molecule has 1 fully saturated rings. The van der Waals surface area contributed by atoms with Crippen LogP contribution in [-0.2, 0) is 11.8 Å². The summed E-state index contributed by atoms with van der Waals surface area (Å²) < 4.78 is 3.60. The predicted molar refractivity (Wildman–Crippen MR) is 78.7 cm³/mol. The highest BCUT2D eigenvalue weighted by atomic mass is 16.2. The van der Waals surface area contributed by atoms with Crippen molar-refractivity contribution in [1.29, 1.82) is 0 Å². The van der Waals surface area contributed by atoms with Gasteiger partial charge in [-0.05, 0) is 31.0 Å². The van der Waals surface area contributed by atoms with Crippen LogP contribution in [0.5, 0.6) is 0 Å². The Bertz CT molecular complexity index is 828. The molecule has 3 aromatic rings. The third-order valence-electron chi connectivity index (χ3n) is 3.78. The number of nitrogens with zero attached hydrogens (tertiary/aromatic N) is 4. The molecule has 0 atom stereocenters. The fourth-order valence-electron chi connectivity index (χ4n) is 2.45. The van der Waals surface area contributed by atoms with E-state index in [9.17, 15) is 4.79 Å². The van der Waals surface area contributed by atoms with Crippen LogP contribution in [0, 0.1) is 5.92 Å². The molecule has 3 aromatic heterocycles. The highest BCUT2D eigenvalue weighted by Gasteiger charge is 2.29. The topological polar surface area (TPSA) is 64.2 Å². The van der Waals surface area contributed by atoms with Crippen molar-refractivity contribution in [2.75, 3.05) is 5.32 Å². The fourth-order valence-corrected chi connectivity index (χ4v) is 2.45. The number of amides is 1. The zero-order valence-electron chi connectivity index (χ0n) is 11.7. The maximum atomic E-state index is 11.8. The van der Waals surface area contributed by atoms with Gasteiger partial charge in [0, 0.05) is 37.0 Å². The molecule has 21 heavy (non-hydrogen) atoms. The largest absolute Gasteiger partial charge is 0.309 e. The Morgan fingerprint density at radius 2 is 2.19 bits per heavy atom. The van der Waals surface area contributed by atoms with Crippen molar-refractivity contribution in [3.8, 4) is 11.3 Å². The van der Waals surface area contributed by atoms with E-state index in [1.165, 1.54) is 0 Å². The van der Waals surface area contributed by atoms with E-state index in [1.54, 1.807) is 10.7 Å². The van der Waals surface area contributed by atoms with Crippen molar-refractivity contribution >= 4 is 17.2 Å². The number of aromatic nitrogens is 4. The second-order valence-electron chi connectivity index (χ2n) is 5.42. The van der Waals surface area contributed by atoms with E-state index in [-0.39, 0.29) is 11.8 Å². The lowest BCUT2D eigenvalue weighted by Crippen LogP contribution is -2.13. The summed E-state index contributed by atoms with van der Waals surface area (Å²) in [5.74, 6) is 0.860. The first-order chi connectivity index (χ1) is 10.2. The van der Waals surface area contributed by atoms with E-state index >= 15 is 0 Å². The summed E-state index contributed by atoms with van der Waals surface area (Å²) in [6.45, 7) is 0. The SMILES string of the molecule is Cn1nccc1-c1ccn2nc(NC(=O)C3CC3)cc2c1. The van der Waals surface area contributed by atoms with Crippen LogP contribution < -0.4 is 5.32 Å². The molecule has 6 nitrogen and oxygen atoms in total. The van der Waals surface area contributed by atoms with Gasteiger partial charge in [0.2, 0.25) is 5.91 Å². The number of anilines is 1. The molecule has 0 saturated heterocycles. The van der Waals surface area contributed by atoms with Gasteiger partial charge in [-0.2, -0.15) is 10.2 Å². The molecule has 0 aromatic carbocycles. The summed E-state index contributed by atoms with van der Waals surface area (Å²) in [5.41, 5.74) is 3.06. The highest BCUT2D eigenvalue weighted by Crippen LogP contribution is 2.30. The summed E-state index contributed by atoms with van der Waals surface area (Å²) in [6, 6.07) is 7.89. The second-order valence-corrected chi connectivity index (χ2v) is 5.42. The molecule has 1 aliphatic rings. The van der Waals surface area contributed by atoms with Gasteiger partial charge >= 0.3 is 0 Å². The maximum Gasteiger partial charge on any atom is 0.228 e. The Kier molecular flexibility index (Phi) is 2.57. The molecule has 106 valence electrons. The van der Waals surface area contributed by atoms with E-state index in [2.05, 4.69) is 15.5 Å². The van der Waals surface area contributed by atoms with Gasteiger partial charge in [-0.3, -0.25) is 9.48 Å². The Morgan fingerprint density at radius 1 is 1.33 bits per heavy atom. The highest BCUT2D eigenvalue weighted by molar-refractivity contribution is 5.93. The van der Waals surface area contributed by atoms with Gasteiger partial charge < -0.3 is 5.32 Å². The van der Waals surface area contributed by atoms with Crippen LogP contribution in [0.1, 0.15) is 12.8 Å².